The fraction of sp³-hybridized carbons (Fsp3) is 0.684. The zero-order valence-electron chi connectivity index (χ0n) is 28.5. The average molecular weight is 647 g/mol. The van der Waals surface area contributed by atoms with Gasteiger partial charge in [-0.05, 0) is 67.0 Å². The van der Waals surface area contributed by atoms with E-state index in [1.54, 1.807) is 0 Å². The van der Waals surface area contributed by atoms with E-state index in [1.807, 2.05) is 18.2 Å². The molecule has 1 saturated carbocycles. The van der Waals surface area contributed by atoms with E-state index in [1.165, 1.54) is 11.1 Å². The summed E-state index contributed by atoms with van der Waals surface area (Å²) < 4.78 is 32.8. The van der Waals surface area contributed by atoms with E-state index >= 15 is 0 Å². The van der Waals surface area contributed by atoms with Crippen LogP contribution in [0.2, 0.25) is 5.02 Å². The first-order valence-electron chi connectivity index (χ1n) is 17.6. The van der Waals surface area contributed by atoms with E-state index in [9.17, 15) is 5.11 Å². The van der Waals surface area contributed by atoms with E-state index in [4.69, 9.17) is 35.3 Å². The topological polar surface area (TPSA) is 66.4 Å². The molecule has 1 N–H and O–H groups in total. The smallest absolute Gasteiger partial charge is 0.154 e. The monoisotopic (exact) mass is 646 g/mol. The zero-order valence-corrected chi connectivity index (χ0v) is 29.2. The molecule has 0 aromatic heterocycles. The number of aliphatic hydroxyl groups excluding tert-OH is 1. The standard InChI is InChI=1S/C38H59ClO6/c1-6-11-21-41-27-32-34(40)36(38(44-24-14-9-4)37(43-23-13-8-3)35(32)42-22-12-7-2)45-33-20-19-31(39)26-30(33)25-29-17-15-28(10-5)16-18-29/h15-20,26,32,34-38,40H,6-14,21-25,27H2,1-5H3/t32-,34-,35+,36+,37-,38-/m0/s1. The molecule has 0 aliphatic heterocycles. The number of rotatable bonds is 22. The number of aryl methyl sites for hydroxylation is 1. The van der Waals surface area contributed by atoms with Crippen molar-refractivity contribution in [1.29, 1.82) is 0 Å². The van der Waals surface area contributed by atoms with E-state index in [2.05, 4.69) is 58.9 Å². The Labute approximate surface area is 278 Å². The lowest BCUT2D eigenvalue weighted by Gasteiger charge is -2.48. The summed E-state index contributed by atoms with van der Waals surface area (Å²) in [5, 5.41) is 12.8. The van der Waals surface area contributed by atoms with Crippen molar-refractivity contribution < 1.29 is 28.8 Å². The number of ether oxygens (including phenoxy) is 5. The summed E-state index contributed by atoms with van der Waals surface area (Å²) >= 11 is 6.51. The molecule has 0 radical (unpaired) electrons. The van der Waals surface area contributed by atoms with Gasteiger partial charge in [0.15, 0.2) is 6.10 Å². The summed E-state index contributed by atoms with van der Waals surface area (Å²) in [6, 6.07) is 14.4. The van der Waals surface area contributed by atoms with Gasteiger partial charge in [0.1, 0.15) is 24.1 Å². The molecule has 6 atom stereocenters. The third-order valence-corrected chi connectivity index (χ3v) is 8.89. The highest BCUT2D eigenvalue weighted by Gasteiger charge is 2.53. The van der Waals surface area contributed by atoms with Crippen molar-refractivity contribution in [3.8, 4) is 5.75 Å². The van der Waals surface area contributed by atoms with E-state index in [0.717, 1.165) is 63.4 Å². The number of hydrogen-bond donors (Lipinski definition) is 1. The maximum atomic E-state index is 12.1. The summed E-state index contributed by atoms with van der Waals surface area (Å²) in [4.78, 5) is 0. The summed E-state index contributed by atoms with van der Waals surface area (Å²) in [6.07, 6.45) is 6.64. The first kappa shape index (κ1) is 37.8. The molecule has 0 amide bonds. The highest BCUT2D eigenvalue weighted by Crippen LogP contribution is 2.37. The molecule has 6 nitrogen and oxygen atoms in total. The highest BCUT2D eigenvalue weighted by atomic mass is 35.5. The number of hydrogen-bond acceptors (Lipinski definition) is 6. The zero-order chi connectivity index (χ0) is 32.4. The van der Waals surface area contributed by atoms with Crippen LogP contribution < -0.4 is 4.74 Å². The minimum Gasteiger partial charge on any atom is -0.485 e. The number of unbranched alkanes of at least 4 members (excludes halogenated alkanes) is 4. The predicted molar refractivity (Wildman–Crippen MR) is 184 cm³/mol. The Kier molecular flexibility index (Phi) is 17.8. The van der Waals surface area contributed by atoms with Crippen molar-refractivity contribution in [3.05, 3.63) is 64.2 Å². The first-order chi connectivity index (χ1) is 22.0. The molecule has 2 aromatic rings. The quantitative estimate of drug-likeness (QED) is 0.129. The lowest BCUT2D eigenvalue weighted by molar-refractivity contribution is -0.243. The Hall–Kier alpha value is -1.67. The van der Waals surface area contributed by atoms with Crippen molar-refractivity contribution in [3.63, 3.8) is 0 Å². The summed E-state index contributed by atoms with van der Waals surface area (Å²) in [5.74, 6) is 0.356. The maximum Gasteiger partial charge on any atom is 0.154 e. The Balaban J connectivity index is 2.00. The fourth-order valence-corrected chi connectivity index (χ4v) is 5.99. The van der Waals surface area contributed by atoms with Gasteiger partial charge in [0, 0.05) is 43.8 Å². The minimum absolute atomic E-state index is 0.335. The molecule has 0 saturated heterocycles. The molecule has 1 fully saturated rings. The molecular formula is C38H59ClO6. The van der Waals surface area contributed by atoms with Crippen LogP contribution >= 0.6 is 11.6 Å². The fourth-order valence-electron chi connectivity index (χ4n) is 5.80. The summed E-state index contributed by atoms with van der Waals surface area (Å²) in [6.45, 7) is 13.5. The molecule has 3 rings (SSSR count). The van der Waals surface area contributed by atoms with Gasteiger partial charge in [0.25, 0.3) is 0 Å². The van der Waals surface area contributed by atoms with Crippen LogP contribution in [0.15, 0.2) is 42.5 Å². The second kappa shape index (κ2) is 21.3. The van der Waals surface area contributed by atoms with Gasteiger partial charge in [0.05, 0.1) is 12.7 Å². The van der Waals surface area contributed by atoms with Crippen molar-refractivity contribution in [2.75, 3.05) is 33.0 Å². The Morgan fingerprint density at radius 2 is 1.18 bits per heavy atom. The number of benzene rings is 2. The molecule has 1 aliphatic rings. The Bertz CT molecular complexity index is 1060. The molecule has 0 spiro atoms. The van der Waals surface area contributed by atoms with Crippen LogP contribution in [-0.2, 0) is 31.8 Å². The van der Waals surface area contributed by atoms with Crippen molar-refractivity contribution in [2.24, 2.45) is 5.92 Å². The van der Waals surface area contributed by atoms with Gasteiger partial charge < -0.3 is 28.8 Å². The van der Waals surface area contributed by atoms with Gasteiger partial charge in [-0.2, -0.15) is 0 Å². The third-order valence-electron chi connectivity index (χ3n) is 8.66. The second-order valence-corrected chi connectivity index (χ2v) is 12.8. The first-order valence-corrected chi connectivity index (χ1v) is 18.0. The predicted octanol–water partition coefficient (Wildman–Crippen LogP) is 8.60. The van der Waals surface area contributed by atoms with Gasteiger partial charge in [0.2, 0.25) is 0 Å². The van der Waals surface area contributed by atoms with Crippen LogP contribution in [0.1, 0.15) is 103 Å². The van der Waals surface area contributed by atoms with E-state index in [0.29, 0.717) is 50.2 Å². The minimum atomic E-state index is -0.886. The van der Waals surface area contributed by atoms with Crippen LogP contribution in [-0.4, -0.2) is 68.7 Å². The van der Waals surface area contributed by atoms with Crippen LogP contribution in [0.25, 0.3) is 0 Å². The van der Waals surface area contributed by atoms with Crippen molar-refractivity contribution in [2.45, 2.75) is 129 Å². The largest absolute Gasteiger partial charge is 0.485 e. The lowest BCUT2D eigenvalue weighted by atomic mass is 9.78. The van der Waals surface area contributed by atoms with Gasteiger partial charge in [-0.15, -0.1) is 0 Å². The van der Waals surface area contributed by atoms with Crippen molar-refractivity contribution in [1.82, 2.24) is 0 Å². The Morgan fingerprint density at radius 1 is 0.644 bits per heavy atom. The summed E-state index contributed by atoms with van der Waals surface area (Å²) in [5.41, 5.74) is 3.44. The molecular weight excluding hydrogens is 588 g/mol. The van der Waals surface area contributed by atoms with Crippen LogP contribution in [0.5, 0.6) is 5.75 Å². The van der Waals surface area contributed by atoms with Gasteiger partial charge in [-0.1, -0.05) is 96.2 Å². The average Bonchev–Trinajstić information content (AvgIpc) is 3.04. The van der Waals surface area contributed by atoms with E-state index in [-0.39, 0.29) is 12.0 Å². The molecule has 2 aromatic carbocycles. The molecule has 0 bridgehead atoms. The second-order valence-electron chi connectivity index (χ2n) is 12.3. The molecule has 1 aliphatic carbocycles. The molecule has 0 heterocycles. The molecule has 45 heavy (non-hydrogen) atoms. The SMILES string of the molecule is CCCCOC[C@H]1[C@H](O)[C@@H](Oc2ccc(Cl)cc2Cc2ccc(CC)cc2)[C@H](OCCCC)[C@@H](OCCCC)[C@@H]1OCCCC. The maximum absolute atomic E-state index is 12.1. The van der Waals surface area contributed by atoms with Gasteiger partial charge in [-0.3, -0.25) is 0 Å². The number of aliphatic hydroxyl groups is 1. The van der Waals surface area contributed by atoms with Gasteiger partial charge in [-0.25, -0.2) is 0 Å². The van der Waals surface area contributed by atoms with Crippen LogP contribution in [0, 0.1) is 5.92 Å². The normalized spacial score (nSPS) is 23.4. The molecule has 0 unspecified atom stereocenters. The third kappa shape index (κ3) is 11.8. The molecule has 254 valence electrons. The molecule has 7 heteroatoms. The summed E-state index contributed by atoms with van der Waals surface area (Å²) in [7, 11) is 0. The van der Waals surface area contributed by atoms with Crippen molar-refractivity contribution >= 4 is 11.6 Å². The van der Waals surface area contributed by atoms with Crippen LogP contribution in [0.3, 0.4) is 0 Å². The van der Waals surface area contributed by atoms with Gasteiger partial charge >= 0.3 is 0 Å². The Morgan fingerprint density at radius 3 is 1.76 bits per heavy atom. The lowest BCUT2D eigenvalue weighted by Crippen LogP contribution is -2.66. The van der Waals surface area contributed by atoms with E-state index < -0.39 is 24.4 Å². The number of halogens is 1. The highest BCUT2D eigenvalue weighted by molar-refractivity contribution is 6.30. The van der Waals surface area contributed by atoms with Crippen LogP contribution in [0.4, 0.5) is 0 Å².